The molecule has 11 nitrogen and oxygen atoms in total. The fourth-order valence-electron chi connectivity index (χ4n) is 3.81. The van der Waals surface area contributed by atoms with E-state index in [4.69, 9.17) is 14.2 Å². The number of benzene rings is 2. The van der Waals surface area contributed by atoms with Crippen LogP contribution in [0, 0.1) is 6.92 Å². The molecule has 0 radical (unpaired) electrons. The van der Waals surface area contributed by atoms with Crippen molar-refractivity contribution in [3.8, 4) is 5.75 Å². The third-order valence-corrected chi connectivity index (χ3v) is 9.70. The highest BCUT2D eigenvalue weighted by Gasteiger charge is 2.28. The Kier molecular flexibility index (Phi) is 8.27. The maximum Gasteiger partial charge on any atom is 0.262 e. The lowest BCUT2D eigenvalue weighted by Gasteiger charge is -2.26. The second kappa shape index (κ2) is 11.2. The Morgan fingerprint density at radius 2 is 1.33 bits per heavy atom. The third kappa shape index (κ3) is 6.05. The van der Waals surface area contributed by atoms with Crippen LogP contribution in [0.1, 0.15) is 5.56 Å². The van der Waals surface area contributed by atoms with Crippen LogP contribution in [0.25, 0.3) is 0 Å². The number of sulfonamides is 2. The summed E-state index contributed by atoms with van der Waals surface area (Å²) in [5.74, 6) is -0.157. The van der Waals surface area contributed by atoms with Crippen molar-refractivity contribution in [3.05, 3.63) is 48.0 Å². The van der Waals surface area contributed by atoms with Gasteiger partial charge in [-0.3, -0.25) is 4.79 Å². The number of amides is 1. The first-order valence-electron chi connectivity index (χ1n) is 11.5. The second-order valence-corrected chi connectivity index (χ2v) is 12.2. The molecule has 36 heavy (non-hydrogen) atoms. The number of hydrogen-bond acceptors (Lipinski definition) is 8. The number of hydrogen-bond donors (Lipinski definition) is 1. The molecule has 1 N–H and O–H groups in total. The average molecular weight is 540 g/mol. The zero-order valence-electron chi connectivity index (χ0n) is 19.9. The zero-order chi connectivity index (χ0) is 25.8. The molecule has 2 aliphatic rings. The van der Waals surface area contributed by atoms with E-state index in [0.717, 1.165) is 0 Å². The van der Waals surface area contributed by atoms with Crippen LogP contribution in [-0.2, 0) is 34.3 Å². The lowest BCUT2D eigenvalue weighted by molar-refractivity contribution is -0.118. The summed E-state index contributed by atoms with van der Waals surface area (Å²) in [4.78, 5) is 12.7. The van der Waals surface area contributed by atoms with E-state index in [1.165, 1.54) is 45.0 Å². The molecule has 0 atom stereocenters. The first-order chi connectivity index (χ1) is 17.2. The molecular weight excluding hydrogens is 510 g/mol. The highest BCUT2D eigenvalue weighted by molar-refractivity contribution is 7.89. The summed E-state index contributed by atoms with van der Waals surface area (Å²) < 4.78 is 69.9. The van der Waals surface area contributed by atoms with Crippen LogP contribution in [-0.4, -0.2) is 90.6 Å². The molecule has 1 amide bonds. The van der Waals surface area contributed by atoms with Gasteiger partial charge in [-0.2, -0.15) is 8.61 Å². The average Bonchev–Trinajstić information content (AvgIpc) is 2.90. The summed E-state index contributed by atoms with van der Waals surface area (Å²) in [6.45, 7) is 3.97. The van der Waals surface area contributed by atoms with Gasteiger partial charge >= 0.3 is 0 Å². The second-order valence-electron chi connectivity index (χ2n) is 8.32. The number of rotatable bonds is 8. The summed E-state index contributed by atoms with van der Waals surface area (Å²) in [7, 11) is -7.33. The highest BCUT2D eigenvalue weighted by Crippen LogP contribution is 2.24. The Bertz CT molecular complexity index is 1290. The van der Waals surface area contributed by atoms with Crippen LogP contribution in [0.5, 0.6) is 5.75 Å². The topological polar surface area (TPSA) is 132 Å². The van der Waals surface area contributed by atoms with Crippen molar-refractivity contribution in [3.63, 3.8) is 0 Å². The van der Waals surface area contributed by atoms with Gasteiger partial charge in [0.25, 0.3) is 5.91 Å². The normalized spacial score (nSPS) is 18.0. The number of anilines is 1. The quantitative estimate of drug-likeness (QED) is 0.527. The Labute approximate surface area is 211 Å². The summed E-state index contributed by atoms with van der Waals surface area (Å²) >= 11 is 0. The van der Waals surface area contributed by atoms with Gasteiger partial charge in [0.2, 0.25) is 20.0 Å². The van der Waals surface area contributed by atoms with Crippen LogP contribution in [0.4, 0.5) is 5.69 Å². The molecule has 13 heteroatoms. The minimum absolute atomic E-state index is 0.0864. The van der Waals surface area contributed by atoms with Gasteiger partial charge in [-0.15, -0.1) is 0 Å². The number of nitrogens with one attached hydrogen (secondary N) is 1. The standard InChI is InChI=1S/C23H29N3O8S2/c1-18-2-5-21(36(30,31)26-10-14-33-15-11-26)16-22(18)24-23(27)17-34-19-3-6-20(7-4-19)35(28,29)25-8-12-32-13-9-25/h2-7,16H,8-15,17H2,1H3,(H,24,27). The van der Waals surface area contributed by atoms with E-state index in [9.17, 15) is 21.6 Å². The van der Waals surface area contributed by atoms with E-state index in [0.29, 0.717) is 56.5 Å². The Balaban J connectivity index is 1.37. The lowest BCUT2D eigenvalue weighted by Crippen LogP contribution is -2.40. The predicted octanol–water partition coefficient (Wildman–Crippen LogP) is 1.05. The van der Waals surface area contributed by atoms with E-state index < -0.39 is 26.0 Å². The monoisotopic (exact) mass is 539 g/mol. The first-order valence-corrected chi connectivity index (χ1v) is 14.3. The molecule has 2 fully saturated rings. The SMILES string of the molecule is Cc1ccc(S(=O)(=O)N2CCOCC2)cc1NC(=O)COc1ccc(S(=O)(=O)N2CCOCC2)cc1. The molecule has 0 aromatic heterocycles. The largest absolute Gasteiger partial charge is 0.484 e. The van der Waals surface area contributed by atoms with E-state index in [2.05, 4.69) is 5.32 Å². The molecule has 4 rings (SSSR count). The fourth-order valence-corrected chi connectivity index (χ4v) is 6.65. The van der Waals surface area contributed by atoms with Gasteiger partial charge in [0.15, 0.2) is 6.61 Å². The van der Waals surface area contributed by atoms with Crippen molar-refractivity contribution in [2.75, 3.05) is 64.5 Å². The predicted molar refractivity (Wildman–Crippen MR) is 131 cm³/mol. The fraction of sp³-hybridized carbons (Fsp3) is 0.435. The Hall–Kier alpha value is -2.55. The summed E-state index contributed by atoms with van der Waals surface area (Å²) in [5, 5.41) is 2.69. The number of carbonyl (C=O) groups excluding carboxylic acids is 1. The molecule has 2 aromatic carbocycles. The maximum atomic E-state index is 12.9. The molecule has 0 bridgehead atoms. The van der Waals surface area contributed by atoms with Gasteiger partial charge in [-0.1, -0.05) is 6.07 Å². The van der Waals surface area contributed by atoms with Crippen molar-refractivity contribution in [1.82, 2.24) is 8.61 Å². The van der Waals surface area contributed by atoms with Gasteiger partial charge in [0, 0.05) is 31.9 Å². The minimum atomic E-state index is -3.71. The van der Waals surface area contributed by atoms with Crippen LogP contribution >= 0.6 is 0 Å². The third-order valence-electron chi connectivity index (χ3n) is 5.89. The molecule has 0 unspecified atom stereocenters. The van der Waals surface area contributed by atoms with Gasteiger partial charge in [-0.25, -0.2) is 16.8 Å². The highest BCUT2D eigenvalue weighted by atomic mass is 32.2. The summed E-state index contributed by atoms with van der Waals surface area (Å²) in [6, 6.07) is 10.4. The van der Waals surface area contributed by atoms with Crippen LogP contribution in [0.2, 0.25) is 0 Å². The molecular formula is C23H29N3O8S2. The van der Waals surface area contributed by atoms with Crippen molar-refractivity contribution in [1.29, 1.82) is 0 Å². The summed E-state index contributed by atoms with van der Waals surface area (Å²) in [5.41, 5.74) is 1.06. The van der Waals surface area contributed by atoms with E-state index in [1.54, 1.807) is 13.0 Å². The van der Waals surface area contributed by atoms with Gasteiger partial charge in [0.05, 0.1) is 36.2 Å². The van der Waals surface area contributed by atoms with Crippen molar-refractivity contribution in [2.45, 2.75) is 16.7 Å². The first kappa shape index (κ1) is 26.5. The van der Waals surface area contributed by atoms with Crippen molar-refractivity contribution in [2.24, 2.45) is 0 Å². The number of morpholine rings is 2. The van der Waals surface area contributed by atoms with E-state index in [1.807, 2.05) is 0 Å². The molecule has 0 aliphatic carbocycles. The molecule has 2 aliphatic heterocycles. The van der Waals surface area contributed by atoms with Gasteiger partial charge < -0.3 is 19.5 Å². The van der Waals surface area contributed by atoms with Gasteiger partial charge in [0.1, 0.15) is 5.75 Å². The molecule has 2 aromatic rings. The van der Waals surface area contributed by atoms with Crippen molar-refractivity contribution >= 4 is 31.6 Å². The number of aryl methyl sites for hydroxylation is 1. The molecule has 196 valence electrons. The molecule has 2 heterocycles. The number of ether oxygens (including phenoxy) is 3. The van der Waals surface area contributed by atoms with Crippen LogP contribution in [0.15, 0.2) is 52.3 Å². The maximum absolute atomic E-state index is 12.9. The van der Waals surface area contributed by atoms with Crippen molar-refractivity contribution < 1.29 is 35.8 Å². The van der Waals surface area contributed by atoms with E-state index >= 15 is 0 Å². The molecule has 0 saturated carbocycles. The Morgan fingerprint density at radius 1 is 0.833 bits per heavy atom. The number of nitrogens with zero attached hydrogens (tertiary/aromatic N) is 2. The Morgan fingerprint density at radius 3 is 1.89 bits per heavy atom. The van der Waals surface area contributed by atoms with Gasteiger partial charge in [-0.05, 0) is 48.9 Å². The van der Waals surface area contributed by atoms with Crippen LogP contribution < -0.4 is 10.1 Å². The molecule has 2 saturated heterocycles. The van der Waals surface area contributed by atoms with Crippen LogP contribution in [0.3, 0.4) is 0 Å². The van der Waals surface area contributed by atoms with E-state index in [-0.39, 0.29) is 29.5 Å². The lowest BCUT2D eigenvalue weighted by atomic mass is 10.2. The number of carbonyl (C=O) groups is 1. The minimum Gasteiger partial charge on any atom is -0.484 e. The smallest absolute Gasteiger partial charge is 0.262 e. The zero-order valence-corrected chi connectivity index (χ0v) is 21.5. The summed E-state index contributed by atoms with van der Waals surface area (Å²) in [6.07, 6.45) is 0. The molecule has 0 spiro atoms.